The van der Waals surface area contributed by atoms with Crippen molar-refractivity contribution in [2.75, 3.05) is 6.61 Å². The summed E-state index contributed by atoms with van der Waals surface area (Å²) in [6.45, 7) is 2.96. The fourth-order valence-electron chi connectivity index (χ4n) is 2.33. The quantitative estimate of drug-likeness (QED) is 0.468. The maximum absolute atomic E-state index is 5.90. The van der Waals surface area contributed by atoms with Gasteiger partial charge in [0.25, 0.3) is 0 Å². The molecule has 0 aromatic heterocycles. The molecule has 95 valence electrons. The molecule has 0 heterocycles. The largest absolute Gasteiger partial charge is 0.493 e. The summed E-state index contributed by atoms with van der Waals surface area (Å²) in [5, 5.41) is 4.87. The minimum absolute atomic E-state index is 0.788. The van der Waals surface area contributed by atoms with Gasteiger partial charge in [-0.1, -0.05) is 37.6 Å². The highest BCUT2D eigenvalue weighted by Crippen LogP contribution is 2.29. The van der Waals surface area contributed by atoms with Crippen molar-refractivity contribution < 1.29 is 4.74 Å². The summed E-state index contributed by atoms with van der Waals surface area (Å²) in [4.78, 5) is 0. The van der Waals surface area contributed by atoms with E-state index in [9.17, 15) is 0 Å². The molecule has 0 spiro atoms. The Kier molecular flexibility index (Phi) is 3.37. The molecule has 19 heavy (non-hydrogen) atoms. The van der Waals surface area contributed by atoms with Crippen LogP contribution in [-0.4, -0.2) is 6.61 Å². The summed E-state index contributed by atoms with van der Waals surface area (Å²) >= 11 is 0. The van der Waals surface area contributed by atoms with Crippen LogP contribution in [0.5, 0.6) is 5.75 Å². The number of rotatable bonds is 4. The first-order chi connectivity index (χ1) is 9.38. The highest BCUT2D eigenvalue weighted by Gasteiger charge is 2.03. The number of fused-ring (bicyclic) bond motifs is 2. The molecule has 0 saturated carbocycles. The minimum Gasteiger partial charge on any atom is -0.493 e. The zero-order chi connectivity index (χ0) is 13.1. The van der Waals surface area contributed by atoms with Gasteiger partial charge in [-0.05, 0) is 52.9 Å². The third kappa shape index (κ3) is 2.41. The molecule has 1 heteroatoms. The highest BCUT2D eigenvalue weighted by atomic mass is 16.5. The molecular formula is C18H17O. The Morgan fingerprint density at radius 3 is 2.89 bits per heavy atom. The fourth-order valence-corrected chi connectivity index (χ4v) is 2.33. The normalized spacial score (nSPS) is 11.0. The Morgan fingerprint density at radius 1 is 1.05 bits per heavy atom. The lowest BCUT2D eigenvalue weighted by Crippen LogP contribution is -1.96. The molecular weight excluding hydrogens is 232 g/mol. The predicted molar refractivity (Wildman–Crippen MR) is 80.7 cm³/mol. The van der Waals surface area contributed by atoms with Crippen molar-refractivity contribution in [2.45, 2.75) is 19.8 Å². The highest BCUT2D eigenvalue weighted by molar-refractivity contribution is 6.00. The van der Waals surface area contributed by atoms with Crippen LogP contribution in [0.1, 0.15) is 19.8 Å². The van der Waals surface area contributed by atoms with Crippen LogP contribution in [0.3, 0.4) is 0 Å². The minimum atomic E-state index is 0.788. The Morgan fingerprint density at radius 2 is 2.00 bits per heavy atom. The molecule has 0 aliphatic heterocycles. The van der Waals surface area contributed by atoms with E-state index in [-0.39, 0.29) is 0 Å². The number of unbranched alkanes of at least 4 members (excludes halogenated alkanes) is 1. The molecule has 0 amide bonds. The molecule has 3 aromatic rings. The molecule has 1 nitrogen and oxygen atoms in total. The van der Waals surface area contributed by atoms with E-state index >= 15 is 0 Å². The molecule has 3 rings (SSSR count). The average Bonchev–Trinajstić information content (AvgIpc) is 2.46. The first kappa shape index (κ1) is 12.0. The van der Waals surface area contributed by atoms with Gasteiger partial charge in [-0.15, -0.1) is 0 Å². The second kappa shape index (κ2) is 5.31. The molecule has 0 fully saturated rings. The summed E-state index contributed by atoms with van der Waals surface area (Å²) < 4.78 is 5.90. The van der Waals surface area contributed by atoms with Crippen LogP contribution >= 0.6 is 0 Å². The number of hydrogen-bond acceptors (Lipinski definition) is 1. The van der Waals surface area contributed by atoms with Crippen molar-refractivity contribution >= 4 is 21.5 Å². The molecule has 0 aliphatic carbocycles. The Bertz CT molecular complexity index is 700. The molecule has 1 radical (unpaired) electrons. The van der Waals surface area contributed by atoms with Crippen LogP contribution < -0.4 is 4.74 Å². The zero-order valence-electron chi connectivity index (χ0n) is 11.1. The third-order valence-electron chi connectivity index (χ3n) is 3.40. The summed E-state index contributed by atoms with van der Waals surface area (Å²) in [6.07, 6.45) is 2.25. The van der Waals surface area contributed by atoms with Crippen LogP contribution in [0, 0.1) is 6.07 Å². The van der Waals surface area contributed by atoms with Crippen molar-refractivity contribution in [3.05, 3.63) is 54.6 Å². The summed E-state index contributed by atoms with van der Waals surface area (Å²) in [7, 11) is 0. The molecule has 0 atom stereocenters. The monoisotopic (exact) mass is 249 g/mol. The van der Waals surface area contributed by atoms with E-state index in [1.165, 1.54) is 21.5 Å². The number of hydrogen-bond donors (Lipinski definition) is 0. The van der Waals surface area contributed by atoms with Gasteiger partial charge < -0.3 is 4.74 Å². The molecule has 0 aliphatic rings. The Balaban J connectivity index is 2.09. The van der Waals surface area contributed by atoms with Crippen molar-refractivity contribution in [1.82, 2.24) is 0 Å². The molecule has 0 saturated heterocycles. The van der Waals surface area contributed by atoms with Crippen LogP contribution in [-0.2, 0) is 0 Å². The van der Waals surface area contributed by atoms with Gasteiger partial charge in [0, 0.05) is 5.39 Å². The van der Waals surface area contributed by atoms with Gasteiger partial charge in [0.2, 0.25) is 0 Å². The fraction of sp³-hybridized carbons (Fsp3) is 0.222. The maximum Gasteiger partial charge on any atom is 0.127 e. The molecule has 3 aromatic carbocycles. The van der Waals surface area contributed by atoms with Crippen molar-refractivity contribution in [1.29, 1.82) is 0 Å². The van der Waals surface area contributed by atoms with Gasteiger partial charge in [0.05, 0.1) is 6.61 Å². The summed E-state index contributed by atoms with van der Waals surface area (Å²) in [5.41, 5.74) is 0. The summed E-state index contributed by atoms with van der Waals surface area (Å²) in [6, 6.07) is 19.9. The van der Waals surface area contributed by atoms with E-state index in [1.54, 1.807) is 0 Å². The van der Waals surface area contributed by atoms with Crippen LogP contribution in [0.15, 0.2) is 48.5 Å². The lowest BCUT2D eigenvalue weighted by atomic mass is 10.0. The molecule has 0 N–H and O–H groups in total. The topological polar surface area (TPSA) is 9.23 Å². The van der Waals surface area contributed by atoms with Gasteiger partial charge in [-0.25, -0.2) is 0 Å². The van der Waals surface area contributed by atoms with Crippen LogP contribution in [0.4, 0.5) is 0 Å². The smallest absolute Gasteiger partial charge is 0.127 e. The number of benzene rings is 3. The van der Waals surface area contributed by atoms with E-state index in [1.807, 2.05) is 12.1 Å². The van der Waals surface area contributed by atoms with E-state index < -0.39 is 0 Å². The van der Waals surface area contributed by atoms with Gasteiger partial charge in [0.15, 0.2) is 0 Å². The van der Waals surface area contributed by atoms with Crippen molar-refractivity contribution in [3.63, 3.8) is 0 Å². The Labute approximate surface area is 113 Å². The third-order valence-corrected chi connectivity index (χ3v) is 3.40. The average molecular weight is 249 g/mol. The SMILES string of the molecule is CCCCOc1cccc2cc3c[c]ccc3cc12. The second-order valence-corrected chi connectivity index (χ2v) is 4.80. The second-order valence-electron chi connectivity index (χ2n) is 4.80. The molecule has 0 unspecified atom stereocenters. The Hall–Kier alpha value is -2.02. The first-order valence-corrected chi connectivity index (χ1v) is 6.84. The molecule has 0 bridgehead atoms. The number of ether oxygens (including phenoxy) is 1. The van der Waals surface area contributed by atoms with Gasteiger partial charge in [-0.3, -0.25) is 0 Å². The lowest BCUT2D eigenvalue weighted by molar-refractivity contribution is 0.313. The van der Waals surface area contributed by atoms with Crippen LogP contribution in [0.25, 0.3) is 21.5 Å². The van der Waals surface area contributed by atoms with Gasteiger partial charge in [0.1, 0.15) is 5.75 Å². The summed E-state index contributed by atoms with van der Waals surface area (Å²) in [5.74, 6) is 0.987. The van der Waals surface area contributed by atoms with Crippen molar-refractivity contribution in [3.8, 4) is 5.75 Å². The standard InChI is InChI=1S/C18H17O/c1-2-3-11-19-18-10-6-9-16-12-14-7-4-5-8-15(14)13-17(16)18/h5-10,12-13H,2-3,11H2,1H3. The zero-order valence-corrected chi connectivity index (χ0v) is 11.1. The van der Waals surface area contributed by atoms with Crippen LogP contribution in [0.2, 0.25) is 0 Å². The lowest BCUT2D eigenvalue weighted by Gasteiger charge is -2.10. The van der Waals surface area contributed by atoms with Crippen molar-refractivity contribution in [2.24, 2.45) is 0 Å². The van der Waals surface area contributed by atoms with E-state index in [2.05, 4.69) is 49.4 Å². The van der Waals surface area contributed by atoms with Gasteiger partial charge in [-0.2, -0.15) is 0 Å². The van der Waals surface area contributed by atoms with Gasteiger partial charge >= 0.3 is 0 Å². The van der Waals surface area contributed by atoms with E-state index in [0.29, 0.717) is 0 Å². The van der Waals surface area contributed by atoms with E-state index in [4.69, 9.17) is 4.74 Å². The predicted octanol–water partition coefficient (Wildman–Crippen LogP) is 4.97. The maximum atomic E-state index is 5.90. The van der Waals surface area contributed by atoms with E-state index in [0.717, 1.165) is 25.2 Å². The first-order valence-electron chi connectivity index (χ1n) is 6.84.